The predicted octanol–water partition coefficient (Wildman–Crippen LogP) is 3.57. The van der Waals surface area contributed by atoms with Crippen LogP contribution in [0.2, 0.25) is 0 Å². The van der Waals surface area contributed by atoms with E-state index in [9.17, 15) is 22.4 Å². The van der Waals surface area contributed by atoms with Gasteiger partial charge in [0.05, 0.1) is 10.0 Å². The molecule has 0 unspecified atom stereocenters. The van der Waals surface area contributed by atoms with E-state index in [1.165, 1.54) is 0 Å². The molecule has 19 heavy (non-hydrogen) atoms. The second kappa shape index (κ2) is 5.54. The zero-order valence-corrected chi connectivity index (χ0v) is 11.5. The van der Waals surface area contributed by atoms with Crippen LogP contribution in [0.4, 0.5) is 22.4 Å². The third-order valence-electron chi connectivity index (χ3n) is 2.45. The Hall–Kier alpha value is -1.02. The van der Waals surface area contributed by atoms with Crippen LogP contribution in [0.1, 0.15) is 11.6 Å². The van der Waals surface area contributed by atoms with Gasteiger partial charge in [-0.25, -0.2) is 22.4 Å². The van der Waals surface area contributed by atoms with Gasteiger partial charge in [0, 0.05) is 0 Å². The van der Waals surface area contributed by atoms with E-state index in [0.717, 1.165) is 12.1 Å². The maximum atomic E-state index is 13.7. The Bertz CT molecular complexity index is 515. The van der Waals surface area contributed by atoms with E-state index in [4.69, 9.17) is 0 Å². The molecule has 0 aromatic heterocycles. The SMILES string of the molecule is Cl.O=C1N[C@@H](c2c(F)ccc(Br)c2F)C(F)(F)CO1. The molecule has 0 spiro atoms. The molecule has 3 nitrogen and oxygen atoms in total. The summed E-state index contributed by atoms with van der Waals surface area (Å²) in [5.74, 6) is -5.94. The fraction of sp³-hybridized carbons (Fsp3) is 0.300. The highest BCUT2D eigenvalue weighted by molar-refractivity contribution is 9.10. The zero-order chi connectivity index (χ0) is 13.5. The summed E-state index contributed by atoms with van der Waals surface area (Å²) in [7, 11) is 0. The third-order valence-corrected chi connectivity index (χ3v) is 3.06. The molecule has 2 rings (SSSR count). The van der Waals surface area contributed by atoms with E-state index in [1.54, 1.807) is 5.32 Å². The molecule has 1 aromatic rings. The fourth-order valence-corrected chi connectivity index (χ4v) is 1.95. The summed E-state index contributed by atoms with van der Waals surface area (Å²) in [6, 6.07) is -0.218. The Balaban J connectivity index is 0.00000180. The molecule has 1 atom stereocenters. The summed E-state index contributed by atoms with van der Waals surface area (Å²) >= 11 is 2.77. The normalized spacial score (nSPS) is 21.1. The standard InChI is InChI=1S/C10H6BrF4NO2.ClH/c11-4-1-2-5(12)6(7(4)13)8-10(14,15)3-18-9(17)16-8;/h1-2,8H,3H2,(H,16,17);1H/t8-;/m0./s1. The minimum atomic E-state index is -3.60. The van der Waals surface area contributed by atoms with Gasteiger partial charge in [0.1, 0.15) is 17.7 Å². The van der Waals surface area contributed by atoms with Crippen molar-refractivity contribution in [1.82, 2.24) is 5.32 Å². The number of carbonyl (C=O) groups is 1. The third kappa shape index (κ3) is 2.94. The zero-order valence-electron chi connectivity index (χ0n) is 9.05. The van der Waals surface area contributed by atoms with Crippen molar-refractivity contribution in [2.24, 2.45) is 0 Å². The topological polar surface area (TPSA) is 38.3 Å². The lowest BCUT2D eigenvalue weighted by molar-refractivity contribution is -0.105. The van der Waals surface area contributed by atoms with Crippen molar-refractivity contribution in [2.45, 2.75) is 12.0 Å². The Labute approximate surface area is 119 Å². The number of nitrogens with one attached hydrogen (secondary N) is 1. The summed E-state index contributed by atoms with van der Waals surface area (Å²) in [4.78, 5) is 10.9. The lowest BCUT2D eigenvalue weighted by atomic mass is 9.99. The van der Waals surface area contributed by atoms with Crippen molar-refractivity contribution < 1.29 is 27.1 Å². The van der Waals surface area contributed by atoms with Gasteiger partial charge in [0.25, 0.3) is 0 Å². The minimum Gasteiger partial charge on any atom is -0.443 e. The largest absolute Gasteiger partial charge is 0.443 e. The average molecular weight is 365 g/mol. The van der Waals surface area contributed by atoms with Gasteiger partial charge in [-0.05, 0) is 28.1 Å². The van der Waals surface area contributed by atoms with Crippen molar-refractivity contribution >= 4 is 34.4 Å². The van der Waals surface area contributed by atoms with E-state index >= 15 is 0 Å². The number of benzene rings is 1. The van der Waals surface area contributed by atoms with Crippen LogP contribution >= 0.6 is 28.3 Å². The number of ether oxygens (including phenoxy) is 1. The van der Waals surface area contributed by atoms with E-state index in [2.05, 4.69) is 20.7 Å². The van der Waals surface area contributed by atoms with E-state index in [1.807, 2.05) is 0 Å². The van der Waals surface area contributed by atoms with Crippen LogP contribution in [0.25, 0.3) is 0 Å². The lowest BCUT2D eigenvalue weighted by Crippen LogP contribution is -2.50. The van der Waals surface area contributed by atoms with Crippen LogP contribution in [0.15, 0.2) is 16.6 Å². The summed E-state index contributed by atoms with van der Waals surface area (Å²) in [6.45, 7) is -1.23. The van der Waals surface area contributed by atoms with Gasteiger partial charge in [0.2, 0.25) is 0 Å². The minimum absolute atomic E-state index is 0. The molecule has 0 radical (unpaired) electrons. The Kier molecular flexibility index (Phi) is 4.67. The van der Waals surface area contributed by atoms with Gasteiger partial charge in [-0.2, -0.15) is 0 Å². The molecule has 1 aliphatic heterocycles. The first-order valence-corrected chi connectivity index (χ1v) is 5.57. The van der Waals surface area contributed by atoms with Crippen molar-refractivity contribution in [3.05, 3.63) is 33.8 Å². The highest BCUT2D eigenvalue weighted by Gasteiger charge is 2.49. The maximum Gasteiger partial charge on any atom is 0.408 e. The van der Waals surface area contributed by atoms with Gasteiger partial charge < -0.3 is 10.1 Å². The van der Waals surface area contributed by atoms with Crippen LogP contribution in [-0.4, -0.2) is 18.6 Å². The number of rotatable bonds is 1. The average Bonchev–Trinajstić information content (AvgIpc) is 2.29. The first kappa shape index (κ1) is 16.0. The Morgan fingerprint density at radius 3 is 2.63 bits per heavy atom. The van der Waals surface area contributed by atoms with Crippen molar-refractivity contribution in [3.63, 3.8) is 0 Å². The second-order valence-electron chi connectivity index (χ2n) is 3.67. The van der Waals surface area contributed by atoms with Gasteiger partial charge in [-0.1, -0.05) is 0 Å². The number of halogens is 6. The number of alkyl carbamates (subject to hydrolysis) is 1. The maximum absolute atomic E-state index is 13.7. The van der Waals surface area contributed by atoms with E-state index in [-0.39, 0.29) is 16.9 Å². The molecule has 1 heterocycles. The Morgan fingerprint density at radius 1 is 1.37 bits per heavy atom. The number of carbonyl (C=O) groups excluding carboxylic acids is 1. The lowest BCUT2D eigenvalue weighted by Gasteiger charge is -2.32. The molecule has 1 amide bonds. The summed E-state index contributed by atoms with van der Waals surface area (Å²) in [5, 5.41) is 1.72. The van der Waals surface area contributed by atoms with Crippen LogP contribution in [0.5, 0.6) is 0 Å². The number of hydrogen-bond donors (Lipinski definition) is 1. The fourth-order valence-electron chi connectivity index (χ4n) is 1.60. The molecule has 106 valence electrons. The molecule has 0 aliphatic carbocycles. The molecule has 9 heteroatoms. The van der Waals surface area contributed by atoms with Crippen LogP contribution in [0.3, 0.4) is 0 Å². The smallest absolute Gasteiger partial charge is 0.408 e. The second-order valence-corrected chi connectivity index (χ2v) is 4.53. The van der Waals surface area contributed by atoms with Gasteiger partial charge in [0.15, 0.2) is 6.61 Å². The first-order valence-electron chi connectivity index (χ1n) is 4.77. The summed E-state index contributed by atoms with van der Waals surface area (Å²) in [5.41, 5.74) is -0.897. The van der Waals surface area contributed by atoms with Crippen molar-refractivity contribution in [1.29, 1.82) is 0 Å². The molecular weight excluding hydrogens is 357 g/mol. The molecule has 0 saturated carbocycles. The number of cyclic esters (lactones) is 1. The van der Waals surface area contributed by atoms with Gasteiger partial charge >= 0.3 is 12.0 Å². The first-order chi connectivity index (χ1) is 8.33. The highest BCUT2D eigenvalue weighted by Crippen LogP contribution is 2.38. The summed E-state index contributed by atoms with van der Waals surface area (Å²) < 4.78 is 58.2. The Morgan fingerprint density at radius 2 is 2.00 bits per heavy atom. The van der Waals surface area contributed by atoms with Crippen LogP contribution in [-0.2, 0) is 4.74 Å². The number of hydrogen-bond acceptors (Lipinski definition) is 2. The monoisotopic (exact) mass is 363 g/mol. The molecule has 0 bridgehead atoms. The highest BCUT2D eigenvalue weighted by atomic mass is 79.9. The van der Waals surface area contributed by atoms with Crippen LogP contribution < -0.4 is 5.32 Å². The van der Waals surface area contributed by atoms with Crippen LogP contribution in [0, 0.1) is 11.6 Å². The molecule has 1 aliphatic rings. The quantitative estimate of drug-likeness (QED) is 0.611. The van der Waals surface area contributed by atoms with Crippen molar-refractivity contribution in [2.75, 3.05) is 6.61 Å². The molecule has 1 fully saturated rings. The molecule has 1 saturated heterocycles. The molecule has 1 N–H and O–H groups in total. The van der Waals surface area contributed by atoms with Gasteiger partial charge in [-0.3, -0.25) is 0 Å². The summed E-state index contributed by atoms with van der Waals surface area (Å²) in [6.07, 6.45) is -1.15. The predicted molar refractivity (Wildman–Crippen MR) is 63.5 cm³/mol. The van der Waals surface area contributed by atoms with E-state index in [0.29, 0.717) is 0 Å². The number of alkyl halides is 2. The molecular formula is C10H7BrClF4NO2. The van der Waals surface area contributed by atoms with Gasteiger partial charge in [-0.15, -0.1) is 12.4 Å². The molecule has 1 aromatic carbocycles. The van der Waals surface area contributed by atoms with E-state index < -0.39 is 41.9 Å². The number of amides is 1. The van der Waals surface area contributed by atoms with Crippen molar-refractivity contribution in [3.8, 4) is 0 Å².